The highest BCUT2D eigenvalue weighted by molar-refractivity contribution is 6.24. The lowest BCUT2D eigenvalue weighted by atomic mass is 10.0. The van der Waals surface area contributed by atoms with Crippen molar-refractivity contribution in [1.29, 1.82) is 5.41 Å². The average Bonchev–Trinajstić information content (AvgIpc) is 2.79. The molecule has 0 saturated carbocycles. The van der Waals surface area contributed by atoms with Crippen molar-refractivity contribution in [1.82, 2.24) is 9.97 Å². The third-order valence-electron chi connectivity index (χ3n) is 4.50. The van der Waals surface area contributed by atoms with Gasteiger partial charge in [-0.25, -0.2) is 4.79 Å². The number of hydrogen-bond donors (Lipinski definition) is 3. The summed E-state index contributed by atoms with van der Waals surface area (Å²) in [5, 5.41) is 13.2. The molecule has 3 rings (SSSR count). The van der Waals surface area contributed by atoms with E-state index >= 15 is 0 Å². The Morgan fingerprint density at radius 1 is 0.969 bits per heavy atom. The maximum atomic E-state index is 12.8. The summed E-state index contributed by atoms with van der Waals surface area (Å²) in [7, 11) is 1.26. The number of esters is 1. The molecule has 162 valence electrons. The zero-order valence-electron chi connectivity index (χ0n) is 17.5. The molecule has 0 fully saturated rings. The SMILES string of the molecule is COC(=O)c1cccc(NC(=O)C(C(C)=N)C(=O)Nc2cccc(-c3cnccn3)c2)c1. The van der Waals surface area contributed by atoms with Crippen LogP contribution in [0.25, 0.3) is 11.3 Å². The first-order chi connectivity index (χ1) is 15.4. The first-order valence-electron chi connectivity index (χ1n) is 9.60. The Hall–Kier alpha value is -4.40. The molecule has 1 heterocycles. The lowest BCUT2D eigenvalue weighted by Crippen LogP contribution is -2.38. The number of nitrogens with zero attached hydrogens (tertiary/aromatic N) is 2. The third-order valence-corrected chi connectivity index (χ3v) is 4.50. The van der Waals surface area contributed by atoms with Crippen LogP contribution in [0, 0.1) is 11.3 Å². The lowest BCUT2D eigenvalue weighted by Gasteiger charge is -2.16. The number of ether oxygens (including phenoxy) is 1. The number of rotatable bonds is 7. The van der Waals surface area contributed by atoms with Crippen LogP contribution >= 0.6 is 0 Å². The summed E-state index contributed by atoms with van der Waals surface area (Å²) in [6.45, 7) is 1.38. The Kier molecular flexibility index (Phi) is 7.02. The smallest absolute Gasteiger partial charge is 0.337 e. The van der Waals surface area contributed by atoms with Crippen molar-refractivity contribution in [3.8, 4) is 11.3 Å². The van der Waals surface area contributed by atoms with Gasteiger partial charge >= 0.3 is 5.97 Å². The molecule has 9 nitrogen and oxygen atoms in total. The standard InChI is InChI=1S/C23H21N5O4/c1-14(24)20(22(30)28-18-8-4-6-16(12-18)23(31)32-2)21(29)27-17-7-3-5-15(11-17)19-13-25-9-10-26-19/h3-13,20,24H,1-2H3,(H,27,29)(H,28,30). The number of anilines is 2. The van der Waals surface area contributed by atoms with Gasteiger partial charge < -0.3 is 20.8 Å². The fourth-order valence-corrected chi connectivity index (χ4v) is 2.99. The van der Waals surface area contributed by atoms with Crippen LogP contribution < -0.4 is 10.6 Å². The second kappa shape index (κ2) is 10.1. The van der Waals surface area contributed by atoms with E-state index in [1.54, 1.807) is 48.9 Å². The molecule has 0 aliphatic carbocycles. The number of carbonyl (C=O) groups is 3. The second-order valence-corrected chi connectivity index (χ2v) is 6.84. The molecule has 2 amide bonds. The minimum absolute atomic E-state index is 0.130. The molecule has 1 unspecified atom stereocenters. The van der Waals surface area contributed by atoms with Crippen LogP contribution in [0.15, 0.2) is 67.1 Å². The molecule has 9 heteroatoms. The Morgan fingerprint density at radius 3 is 2.22 bits per heavy atom. The second-order valence-electron chi connectivity index (χ2n) is 6.84. The van der Waals surface area contributed by atoms with E-state index in [2.05, 4.69) is 25.3 Å². The molecule has 2 aromatic carbocycles. The van der Waals surface area contributed by atoms with Gasteiger partial charge in [-0.2, -0.15) is 0 Å². The fraction of sp³-hybridized carbons (Fsp3) is 0.130. The summed E-state index contributed by atoms with van der Waals surface area (Å²) >= 11 is 0. The van der Waals surface area contributed by atoms with E-state index in [0.717, 1.165) is 5.56 Å². The van der Waals surface area contributed by atoms with E-state index in [4.69, 9.17) is 5.41 Å². The number of benzene rings is 2. The van der Waals surface area contributed by atoms with Gasteiger partial charge in [0.25, 0.3) is 0 Å². The van der Waals surface area contributed by atoms with E-state index in [9.17, 15) is 14.4 Å². The minimum Gasteiger partial charge on any atom is -0.465 e. The van der Waals surface area contributed by atoms with Crippen LogP contribution in [0.1, 0.15) is 17.3 Å². The van der Waals surface area contributed by atoms with E-state index in [1.165, 1.54) is 26.2 Å². The summed E-state index contributed by atoms with van der Waals surface area (Å²) in [5.41, 5.74) is 2.24. The summed E-state index contributed by atoms with van der Waals surface area (Å²) in [5.74, 6) is -3.27. The summed E-state index contributed by atoms with van der Waals surface area (Å²) in [6.07, 6.45) is 4.72. The van der Waals surface area contributed by atoms with Gasteiger partial charge in [0, 0.05) is 35.0 Å². The number of nitrogens with one attached hydrogen (secondary N) is 3. The Labute approximate surface area is 184 Å². The first kappa shape index (κ1) is 22.3. The van der Waals surface area contributed by atoms with E-state index in [-0.39, 0.29) is 11.3 Å². The van der Waals surface area contributed by atoms with Gasteiger partial charge in [-0.3, -0.25) is 19.6 Å². The molecule has 0 saturated heterocycles. The molecule has 0 aliphatic rings. The van der Waals surface area contributed by atoms with Crippen molar-refractivity contribution in [2.24, 2.45) is 5.92 Å². The zero-order valence-corrected chi connectivity index (χ0v) is 17.5. The third kappa shape index (κ3) is 5.39. The predicted molar refractivity (Wildman–Crippen MR) is 119 cm³/mol. The highest BCUT2D eigenvalue weighted by atomic mass is 16.5. The average molecular weight is 431 g/mol. The van der Waals surface area contributed by atoms with Gasteiger partial charge in [0.2, 0.25) is 11.8 Å². The zero-order chi connectivity index (χ0) is 23.1. The monoisotopic (exact) mass is 431 g/mol. The normalized spacial score (nSPS) is 11.2. The number of aromatic nitrogens is 2. The van der Waals surface area contributed by atoms with Gasteiger partial charge in [-0.1, -0.05) is 18.2 Å². The van der Waals surface area contributed by atoms with E-state index < -0.39 is 23.7 Å². The largest absolute Gasteiger partial charge is 0.465 e. The quantitative estimate of drug-likeness (QED) is 0.299. The number of methoxy groups -OCH3 is 1. The van der Waals surface area contributed by atoms with Crippen molar-refractivity contribution in [2.45, 2.75) is 6.92 Å². The molecular weight excluding hydrogens is 410 g/mol. The number of amides is 2. The molecule has 1 aromatic heterocycles. The molecule has 32 heavy (non-hydrogen) atoms. The van der Waals surface area contributed by atoms with Gasteiger partial charge in [0.15, 0.2) is 5.92 Å². The van der Waals surface area contributed by atoms with Crippen molar-refractivity contribution in [2.75, 3.05) is 17.7 Å². The van der Waals surface area contributed by atoms with Gasteiger partial charge in [0.05, 0.1) is 24.6 Å². The van der Waals surface area contributed by atoms with Crippen molar-refractivity contribution >= 4 is 34.9 Å². The Morgan fingerprint density at radius 2 is 1.62 bits per heavy atom. The highest BCUT2D eigenvalue weighted by Crippen LogP contribution is 2.21. The van der Waals surface area contributed by atoms with Crippen molar-refractivity contribution in [3.05, 3.63) is 72.7 Å². The van der Waals surface area contributed by atoms with Crippen molar-refractivity contribution in [3.63, 3.8) is 0 Å². The maximum Gasteiger partial charge on any atom is 0.337 e. The molecule has 0 bridgehead atoms. The lowest BCUT2D eigenvalue weighted by molar-refractivity contribution is -0.126. The predicted octanol–water partition coefficient (Wildman–Crippen LogP) is 3.16. The van der Waals surface area contributed by atoms with Gasteiger partial charge in [0.1, 0.15) is 0 Å². The van der Waals surface area contributed by atoms with Crippen LogP contribution in [0.5, 0.6) is 0 Å². The molecular formula is C23H21N5O4. The molecule has 0 aliphatic heterocycles. The van der Waals surface area contributed by atoms with Crippen LogP contribution in [-0.4, -0.2) is 40.6 Å². The summed E-state index contributed by atoms with van der Waals surface area (Å²) in [4.78, 5) is 45.6. The Balaban J connectivity index is 1.76. The molecule has 3 N–H and O–H groups in total. The molecule has 1 atom stereocenters. The van der Waals surface area contributed by atoms with Crippen LogP contribution in [0.4, 0.5) is 11.4 Å². The van der Waals surface area contributed by atoms with Crippen molar-refractivity contribution < 1.29 is 19.1 Å². The van der Waals surface area contributed by atoms with Gasteiger partial charge in [-0.05, 0) is 37.3 Å². The summed E-state index contributed by atoms with van der Waals surface area (Å²) < 4.78 is 4.67. The highest BCUT2D eigenvalue weighted by Gasteiger charge is 2.29. The van der Waals surface area contributed by atoms with E-state index in [1.807, 2.05) is 6.07 Å². The minimum atomic E-state index is -1.36. The number of hydrogen-bond acceptors (Lipinski definition) is 7. The van der Waals surface area contributed by atoms with Crippen LogP contribution in [0.3, 0.4) is 0 Å². The fourth-order valence-electron chi connectivity index (χ4n) is 2.99. The van der Waals surface area contributed by atoms with Crippen LogP contribution in [0.2, 0.25) is 0 Å². The first-order valence-corrected chi connectivity index (χ1v) is 9.60. The van der Waals surface area contributed by atoms with E-state index in [0.29, 0.717) is 17.1 Å². The topological polar surface area (TPSA) is 134 Å². The van der Waals surface area contributed by atoms with Gasteiger partial charge in [-0.15, -0.1) is 0 Å². The molecule has 3 aromatic rings. The summed E-state index contributed by atoms with van der Waals surface area (Å²) in [6, 6.07) is 13.1. The Bertz CT molecular complexity index is 1160. The number of carbonyl (C=O) groups excluding carboxylic acids is 3. The molecule has 0 spiro atoms. The maximum absolute atomic E-state index is 12.8. The van der Waals surface area contributed by atoms with Crippen LogP contribution in [-0.2, 0) is 14.3 Å². The molecule has 0 radical (unpaired) electrons.